The van der Waals surface area contributed by atoms with Crippen molar-refractivity contribution in [2.24, 2.45) is 5.92 Å². The molecule has 1 aromatic heterocycles. The lowest BCUT2D eigenvalue weighted by Crippen LogP contribution is -2.33. The summed E-state index contributed by atoms with van der Waals surface area (Å²) < 4.78 is 5.48. The molecule has 21 heavy (non-hydrogen) atoms. The SMILES string of the molecule is CCNCc1cc(CN2CC(C)Cc3ccccc32)on1. The second-order valence-electron chi connectivity index (χ2n) is 5.88. The molecule has 1 N–H and O–H groups in total. The highest BCUT2D eigenvalue weighted by Crippen LogP contribution is 2.30. The number of para-hydroxylation sites is 1. The number of hydrogen-bond acceptors (Lipinski definition) is 4. The van der Waals surface area contributed by atoms with E-state index in [9.17, 15) is 0 Å². The fourth-order valence-corrected chi connectivity index (χ4v) is 3.01. The molecule has 1 unspecified atom stereocenters. The summed E-state index contributed by atoms with van der Waals surface area (Å²) in [5.41, 5.74) is 3.74. The molecular weight excluding hydrogens is 262 g/mol. The molecule has 0 aliphatic carbocycles. The minimum atomic E-state index is 0.670. The molecule has 2 aromatic rings. The molecule has 0 bridgehead atoms. The van der Waals surface area contributed by atoms with E-state index < -0.39 is 0 Å². The van der Waals surface area contributed by atoms with Crippen LogP contribution in [0.5, 0.6) is 0 Å². The zero-order valence-electron chi connectivity index (χ0n) is 12.8. The first-order valence-electron chi connectivity index (χ1n) is 7.74. The molecule has 2 heterocycles. The summed E-state index contributed by atoms with van der Waals surface area (Å²) in [6, 6.07) is 10.7. The predicted molar refractivity (Wildman–Crippen MR) is 84.2 cm³/mol. The van der Waals surface area contributed by atoms with E-state index in [1.54, 1.807) is 0 Å². The Balaban J connectivity index is 1.74. The van der Waals surface area contributed by atoms with E-state index in [0.29, 0.717) is 5.92 Å². The van der Waals surface area contributed by atoms with Gasteiger partial charge < -0.3 is 14.7 Å². The van der Waals surface area contributed by atoms with Crippen molar-refractivity contribution in [3.05, 3.63) is 47.3 Å². The third-order valence-electron chi connectivity index (χ3n) is 3.94. The van der Waals surface area contributed by atoms with Gasteiger partial charge in [0.25, 0.3) is 0 Å². The summed E-state index contributed by atoms with van der Waals surface area (Å²) in [6.07, 6.45) is 1.16. The highest BCUT2D eigenvalue weighted by molar-refractivity contribution is 5.55. The molecule has 4 heteroatoms. The van der Waals surface area contributed by atoms with Crippen molar-refractivity contribution >= 4 is 5.69 Å². The van der Waals surface area contributed by atoms with Gasteiger partial charge in [0.15, 0.2) is 5.76 Å². The third-order valence-corrected chi connectivity index (χ3v) is 3.94. The summed E-state index contributed by atoms with van der Waals surface area (Å²) in [5, 5.41) is 7.40. The molecule has 1 aromatic carbocycles. The average molecular weight is 285 g/mol. The van der Waals surface area contributed by atoms with Crippen LogP contribution in [0.25, 0.3) is 0 Å². The van der Waals surface area contributed by atoms with Crippen molar-refractivity contribution in [3.8, 4) is 0 Å². The van der Waals surface area contributed by atoms with Gasteiger partial charge >= 0.3 is 0 Å². The van der Waals surface area contributed by atoms with Crippen LogP contribution in [0, 0.1) is 5.92 Å². The maximum atomic E-state index is 5.48. The Hall–Kier alpha value is -1.81. The molecule has 0 saturated carbocycles. The van der Waals surface area contributed by atoms with Gasteiger partial charge in [-0.15, -0.1) is 0 Å². The second-order valence-corrected chi connectivity index (χ2v) is 5.88. The van der Waals surface area contributed by atoms with Gasteiger partial charge in [-0.2, -0.15) is 0 Å². The predicted octanol–water partition coefficient (Wildman–Crippen LogP) is 2.98. The fourth-order valence-electron chi connectivity index (χ4n) is 3.01. The molecule has 0 spiro atoms. The van der Waals surface area contributed by atoms with Crippen molar-refractivity contribution in [3.63, 3.8) is 0 Å². The molecule has 1 aliphatic rings. The van der Waals surface area contributed by atoms with Crippen LogP contribution in [-0.4, -0.2) is 18.2 Å². The van der Waals surface area contributed by atoms with Crippen molar-refractivity contribution in [2.75, 3.05) is 18.0 Å². The van der Waals surface area contributed by atoms with Gasteiger partial charge in [0, 0.05) is 24.8 Å². The van der Waals surface area contributed by atoms with Crippen LogP contribution in [0.15, 0.2) is 34.9 Å². The van der Waals surface area contributed by atoms with E-state index in [2.05, 4.69) is 59.6 Å². The molecule has 0 amide bonds. The van der Waals surface area contributed by atoms with Gasteiger partial charge in [-0.3, -0.25) is 0 Å². The Morgan fingerprint density at radius 2 is 2.24 bits per heavy atom. The second kappa shape index (κ2) is 6.31. The van der Waals surface area contributed by atoms with Gasteiger partial charge in [0.05, 0.1) is 12.2 Å². The Kier molecular flexibility index (Phi) is 4.25. The molecule has 0 fully saturated rings. The average Bonchev–Trinajstić information content (AvgIpc) is 2.92. The summed E-state index contributed by atoms with van der Waals surface area (Å²) >= 11 is 0. The van der Waals surface area contributed by atoms with Gasteiger partial charge in [-0.25, -0.2) is 0 Å². The summed E-state index contributed by atoms with van der Waals surface area (Å²) in [5.74, 6) is 1.61. The zero-order chi connectivity index (χ0) is 14.7. The molecular formula is C17H23N3O. The lowest BCUT2D eigenvalue weighted by molar-refractivity contribution is 0.369. The molecule has 0 saturated heterocycles. The number of aromatic nitrogens is 1. The van der Waals surface area contributed by atoms with E-state index in [4.69, 9.17) is 4.52 Å². The standard InChI is InChI=1S/C17H23N3O/c1-3-18-10-15-9-16(21-19-15)12-20-11-13(2)8-14-6-4-5-7-17(14)20/h4-7,9,13,18H,3,8,10-12H2,1-2H3. The molecule has 4 nitrogen and oxygen atoms in total. The Morgan fingerprint density at radius 3 is 3.10 bits per heavy atom. The number of anilines is 1. The first-order chi connectivity index (χ1) is 10.3. The van der Waals surface area contributed by atoms with Crippen LogP contribution < -0.4 is 10.2 Å². The molecule has 3 rings (SSSR count). The maximum Gasteiger partial charge on any atom is 0.156 e. The van der Waals surface area contributed by atoms with E-state index in [-0.39, 0.29) is 0 Å². The third kappa shape index (κ3) is 3.27. The molecule has 1 atom stereocenters. The number of nitrogens with zero attached hydrogens (tertiary/aromatic N) is 2. The highest BCUT2D eigenvalue weighted by atomic mass is 16.5. The number of rotatable bonds is 5. The van der Waals surface area contributed by atoms with Crippen LogP contribution in [0.1, 0.15) is 30.9 Å². The first-order valence-corrected chi connectivity index (χ1v) is 7.74. The Morgan fingerprint density at radius 1 is 1.38 bits per heavy atom. The lowest BCUT2D eigenvalue weighted by Gasteiger charge is -2.34. The van der Waals surface area contributed by atoms with Gasteiger partial charge in [-0.05, 0) is 30.5 Å². The van der Waals surface area contributed by atoms with Crippen LogP contribution >= 0.6 is 0 Å². The van der Waals surface area contributed by atoms with Crippen LogP contribution in [-0.2, 0) is 19.5 Å². The van der Waals surface area contributed by atoms with E-state index in [1.807, 2.05) is 0 Å². The van der Waals surface area contributed by atoms with Crippen molar-refractivity contribution in [1.29, 1.82) is 0 Å². The topological polar surface area (TPSA) is 41.3 Å². The minimum absolute atomic E-state index is 0.670. The number of benzene rings is 1. The largest absolute Gasteiger partial charge is 0.363 e. The first kappa shape index (κ1) is 14.1. The summed E-state index contributed by atoms with van der Waals surface area (Å²) in [6.45, 7) is 7.97. The van der Waals surface area contributed by atoms with E-state index in [0.717, 1.165) is 44.1 Å². The number of hydrogen-bond donors (Lipinski definition) is 1. The smallest absolute Gasteiger partial charge is 0.156 e. The van der Waals surface area contributed by atoms with E-state index in [1.165, 1.54) is 11.3 Å². The maximum absolute atomic E-state index is 5.48. The van der Waals surface area contributed by atoms with Gasteiger partial charge in [-0.1, -0.05) is 37.2 Å². The fraction of sp³-hybridized carbons (Fsp3) is 0.471. The zero-order valence-corrected chi connectivity index (χ0v) is 12.8. The normalized spacial score (nSPS) is 17.8. The molecule has 0 radical (unpaired) electrons. The Labute approximate surface area is 126 Å². The lowest BCUT2D eigenvalue weighted by atomic mass is 9.94. The van der Waals surface area contributed by atoms with Crippen LogP contribution in [0.2, 0.25) is 0 Å². The highest BCUT2D eigenvalue weighted by Gasteiger charge is 2.22. The van der Waals surface area contributed by atoms with Crippen LogP contribution in [0.4, 0.5) is 5.69 Å². The number of nitrogens with one attached hydrogen (secondary N) is 1. The van der Waals surface area contributed by atoms with Crippen molar-refractivity contribution in [2.45, 2.75) is 33.4 Å². The van der Waals surface area contributed by atoms with Crippen LogP contribution in [0.3, 0.4) is 0 Å². The van der Waals surface area contributed by atoms with Gasteiger partial charge in [0.1, 0.15) is 0 Å². The minimum Gasteiger partial charge on any atom is -0.363 e. The van der Waals surface area contributed by atoms with Crippen molar-refractivity contribution < 1.29 is 4.52 Å². The summed E-state index contributed by atoms with van der Waals surface area (Å²) in [7, 11) is 0. The monoisotopic (exact) mass is 285 g/mol. The van der Waals surface area contributed by atoms with Gasteiger partial charge in [0.2, 0.25) is 0 Å². The quantitative estimate of drug-likeness (QED) is 0.917. The summed E-state index contributed by atoms with van der Waals surface area (Å²) in [4.78, 5) is 2.40. The molecule has 1 aliphatic heterocycles. The number of fused-ring (bicyclic) bond motifs is 1. The van der Waals surface area contributed by atoms with Crippen molar-refractivity contribution in [1.82, 2.24) is 10.5 Å². The van der Waals surface area contributed by atoms with E-state index >= 15 is 0 Å². The molecule has 112 valence electrons. The Bertz CT molecular complexity index is 593.